The lowest BCUT2D eigenvalue weighted by Gasteiger charge is -2.10. The Kier molecular flexibility index (Phi) is 8.45. The Bertz CT molecular complexity index is 3180. The predicted octanol–water partition coefficient (Wildman–Crippen LogP) is 14.6. The number of nitrogens with zero attached hydrogens (tertiary/aromatic N) is 3. The van der Waals surface area contributed by atoms with Crippen molar-refractivity contribution in [2.24, 2.45) is 0 Å². The van der Waals surface area contributed by atoms with E-state index in [0.717, 1.165) is 72.0 Å². The Morgan fingerprint density at radius 3 is 1.34 bits per heavy atom. The molecule has 0 bridgehead atoms. The molecule has 9 aromatic carbocycles. The number of hydrogen-bond acceptors (Lipinski definition) is 4. The maximum Gasteiger partial charge on any atom is 0.164 e. The summed E-state index contributed by atoms with van der Waals surface area (Å²) in [6, 6.07) is 74.0. The second kappa shape index (κ2) is 14.5. The fourth-order valence-corrected chi connectivity index (χ4v) is 8.21. The molecule has 59 heavy (non-hydrogen) atoms. The first kappa shape index (κ1) is 34.3. The van der Waals surface area contributed by atoms with E-state index < -0.39 is 0 Å². The standard InChI is InChI=1S/C55H35N3O/c1-3-12-36(13-4-1)38-24-32-43(33-25-38)53-56-54(44-34-26-39(27-35-44)37-14-5-2-6-15-37)58-55(57-53)49-22-11-23-50-51(49)48-21-10-20-47(52(48)59-50)42-30-28-41(29-31-42)46-19-9-17-40-16-7-8-18-45(40)46/h1-35H. The van der Waals surface area contributed by atoms with Crippen molar-refractivity contribution < 1.29 is 4.42 Å². The first-order valence-corrected chi connectivity index (χ1v) is 19.8. The van der Waals surface area contributed by atoms with Gasteiger partial charge in [-0.25, -0.2) is 15.0 Å². The maximum atomic E-state index is 6.74. The van der Waals surface area contributed by atoms with E-state index in [1.165, 1.54) is 21.9 Å². The summed E-state index contributed by atoms with van der Waals surface area (Å²) in [5.41, 5.74) is 13.4. The number of hydrogen-bond donors (Lipinski definition) is 0. The van der Waals surface area contributed by atoms with E-state index in [1.54, 1.807) is 0 Å². The van der Waals surface area contributed by atoms with Crippen LogP contribution in [0, 0.1) is 0 Å². The molecule has 4 heteroatoms. The Morgan fingerprint density at radius 2 is 0.695 bits per heavy atom. The highest BCUT2D eigenvalue weighted by molar-refractivity contribution is 6.15. The minimum atomic E-state index is 0.586. The highest BCUT2D eigenvalue weighted by atomic mass is 16.3. The van der Waals surface area contributed by atoms with Crippen molar-refractivity contribution >= 4 is 32.7 Å². The van der Waals surface area contributed by atoms with E-state index in [4.69, 9.17) is 19.4 Å². The van der Waals surface area contributed by atoms with E-state index in [2.05, 4.69) is 188 Å². The SMILES string of the molecule is c1ccc(-c2ccc(-c3nc(-c4ccc(-c5ccccc5)cc4)nc(-c4cccc5oc6c(-c7ccc(-c8cccc9ccccc89)cc7)cccc6c45)n3)cc2)cc1. The lowest BCUT2D eigenvalue weighted by molar-refractivity contribution is 0.670. The van der Waals surface area contributed by atoms with Gasteiger partial charge < -0.3 is 4.42 Å². The fraction of sp³-hybridized carbons (Fsp3) is 0. The zero-order valence-corrected chi connectivity index (χ0v) is 32.0. The van der Waals surface area contributed by atoms with Gasteiger partial charge in [0.15, 0.2) is 17.5 Å². The molecule has 0 N–H and O–H groups in total. The third-order valence-electron chi connectivity index (χ3n) is 11.2. The molecule has 0 fully saturated rings. The molecule has 2 heterocycles. The van der Waals surface area contributed by atoms with Crippen LogP contribution in [0.2, 0.25) is 0 Å². The summed E-state index contributed by atoms with van der Waals surface area (Å²) in [5, 5.41) is 4.46. The number of para-hydroxylation sites is 1. The number of fused-ring (bicyclic) bond motifs is 4. The van der Waals surface area contributed by atoms with Crippen LogP contribution in [0.5, 0.6) is 0 Å². The second-order valence-electron chi connectivity index (χ2n) is 14.8. The molecule has 0 unspecified atom stereocenters. The largest absolute Gasteiger partial charge is 0.455 e. The van der Waals surface area contributed by atoms with Gasteiger partial charge in [-0.15, -0.1) is 0 Å². The van der Waals surface area contributed by atoms with Gasteiger partial charge >= 0.3 is 0 Å². The smallest absolute Gasteiger partial charge is 0.164 e. The van der Waals surface area contributed by atoms with Crippen LogP contribution in [-0.2, 0) is 0 Å². The predicted molar refractivity (Wildman–Crippen MR) is 243 cm³/mol. The molecule has 0 spiro atoms. The van der Waals surface area contributed by atoms with E-state index in [-0.39, 0.29) is 0 Å². The van der Waals surface area contributed by atoms with Gasteiger partial charge in [0.25, 0.3) is 0 Å². The monoisotopic (exact) mass is 753 g/mol. The van der Waals surface area contributed by atoms with Crippen LogP contribution in [0.1, 0.15) is 0 Å². The fourth-order valence-electron chi connectivity index (χ4n) is 8.21. The number of furan rings is 1. The summed E-state index contributed by atoms with van der Waals surface area (Å²) in [7, 11) is 0. The van der Waals surface area contributed by atoms with E-state index in [1.807, 2.05) is 24.3 Å². The van der Waals surface area contributed by atoms with Crippen molar-refractivity contribution in [1.29, 1.82) is 0 Å². The first-order valence-electron chi connectivity index (χ1n) is 19.8. The molecule has 11 rings (SSSR count). The number of benzene rings is 9. The van der Waals surface area contributed by atoms with Crippen LogP contribution in [0.4, 0.5) is 0 Å². The second-order valence-corrected chi connectivity index (χ2v) is 14.8. The molecule has 0 amide bonds. The lowest BCUT2D eigenvalue weighted by Crippen LogP contribution is -2.00. The van der Waals surface area contributed by atoms with Gasteiger partial charge in [0.1, 0.15) is 11.2 Å². The maximum absolute atomic E-state index is 6.74. The Hall–Kier alpha value is -7.95. The minimum Gasteiger partial charge on any atom is -0.455 e. The van der Waals surface area contributed by atoms with Crippen LogP contribution in [0.3, 0.4) is 0 Å². The number of rotatable bonds is 7. The summed E-state index contributed by atoms with van der Waals surface area (Å²) >= 11 is 0. The van der Waals surface area contributed by atoms with E-state index in [9.17, 15) is 0 Å². The van der Waals surface area contributed by atoms with Gasteiger partial charge in [0.05, 0.1) is 0 Å². The van der Waals surface area contributed by atoms with Gasteiger partial charge in [-0.05, 0) is 55.8 Å². The normalized spacial score (nSPS) is 11.4. The molecule has 0 saturated carbocycles. The zero-order valence-electron chi connectivity index (χ0n) is 32.0. The third kappa shape index (κ3) is 6.34. The summed E-state index contributed by atoms with van der Waals surface area (Å²) in [4.78, 5) is 15.4. The summed E-state index contributed by atoms with van der Waals surface area (Å²) in [6.45, 7) is 0. The van der Waals surface area contributed by atoms with Gasteiger partial charge in [-0.3, -0.25) is 0 Å². The Labute approximate surface area is 341 Å². The van der Waals surface area contributed by atoms with Gasteiger partial charge in [0.2, 0.25) is 0 Å². The van der Waals surface area contributed by atoms with Crippen molar-refractivity contribution in [3.63, 3.8) is 0 Å². The van der Waals surface area contributed by atoms with Gasteiger partial charge in [-0.1, -0.05) is 206 Å². The zero-order chi connectivity index (χ0) is 39.1. The molecule has 0 saturated heterocycles. The van der Waals surface area contributed by atoms with Crippen molar-refractivity contribution in [3.05, 3.63) is 212 Å². The van der Waals surface area contributed by atoms with Crippen LogP contribution in [0.15, 0.2) is 217 Å². The highest BCUT2D eigenvalue weighted by Gasteiger charge is 2.20. The molecule has 0 aliphatic rings. The molecular weight excluding hydrogens is 719 g/mol. The van der Waals surface area contributed by atoms with Crippen molar-refractivity contribution in [3.8, 4) is 78.7 Å². The molecule has 4 nitrogen and oxygen atoms in total. The molecule has 0 aliphatic carbocycles. The molecule has 0 atom stereocenters. The summed E-state index contributed by atoms with van der Waals surface area (Å²) < 4.78 is 6.74. The summed E-state index contributed by atoms with van der Waals surface area (Å²) in [6.07, 6.45) is 0. The van der Waals surface area contributed by atoms with E-state index >= 15 is 0 Å². The minimum absolute atomic E-state index is 0.586. The molecule has 0 radical (unpaired) electrons. The topological polar surface area (TPSA) is 51.8 Å². The molecule has 0 aliphatic heterocycles. The average Bonchev–Trinajstić information content (AvgIpc) is 3.71. The molecule has 2 aromatic heterocycles. The van der Waals surface area contributed by atoms with Crippen molar-refractivity contribution in [2.45, 2.75) is 0 Å². The highest BCUT2D eigenvalue weighted by Crippen LogP contribution is 2.41. The Morgan fingerprint density at radius 1 is 0.271 bits per heavy atom. The lowest BCUT2D eigenvalue weighted by atomic mass is 9.95. The summed E-state index contributed by atoms with van der Waals surface area (Å²) in [5.74, 6) is 1.80. The quantitative estimate of drug-likeness (QED) is 0.163. The van der Waals surface area contributed by atoms with Crippen molar-refractivity contribution in [2.75, 3.05) is 0 Å². The Balaban J connectivity index is 1.03. The van der Waals surface area contributed by atoms with Gasteiger partial charge in [-0.2, -0.15) is 0 Å². The molecular formula is C55H35N3O. The van der Waals surface area contributed by atoms with Gasteiger partial charge in [0, 0.05) is 33.0 Å². The third-order valence-corrected chi connectivity index (χ3v) is 11.2. The van der Waals surface area contributed by atoms with Crippen molar-refractivity contribution in [1.82, 2.24) is 15.0 Å². The van der Waals surface area contributed by atoms with E-state index in [0.29, 0.717) is 17.5 Å². The first-order chi connectivity index (χ1) is 29.2. The van der Waals surface area contributed by atoms with Crippen LogP contribution < -0.4 is 0 Å². The van der Waals surface area contributed by atoms with Crippen LogP contribution >= 0.6 is 0 Å². The molecule has 11 aromatic rings. The average molecular weight is 754 g/mol. The number of aromatic nitrogens is 3. The molecule has 276 valence electrons. The van der Waals surface area contributed by atoms with Crippen LogP contribution in [-0.4, -0.2) is 15.0 Å². The van der Waals surface area contributed by atoms with Crippen LogP contribution in [0.25, 0.3) is 111 Å².